The van der Waals surface area contributed by atoms with Crippen molar-refractivity contribution < 1.29 is 0 Å². The molecular weight excluding hydrogens is 224 g/mol. The van der Waals surface area contributed by atoms with Gasteiger partial charge < -0.3 is 5.32 Å². The number of halogens is 1. The van der Waals surface area contributed by atoms with E-state index in [-0.39, 0.29) is 5.28 Å². The van der Waals surface area contributed by atoms with Crippen molar-refractivity contribution in [2.24, 2.45) is 0 Å². The zero-order chi connectivity index (χ0) is 11.5. The van der Waals surface area contributed by atoms with Crippen LogP contribution in [-0.4, -0.2) is 15.0 Å². The van der Waals surface area contributed by atoms with E-state index in [0.717, 1.165) is 17.1 Å². The number of pyridine rings is 1. The Morgan fingerprint density at radius 3 is 2.62 bits per heavy atom. The van der Waals surface area contributed by atoms with Crippen LogP contribution in [0.5, 0.6) is 0 Å². The smallest absolute Gasteiger partial charge is 0.224 e. The quantitative estimate of drug-likeness (QED) is 0.812. The highest BCUT2D eigenvalue weighted by Crippen LogP contribution is 2.15. The molecule has 0 saturated carbocycles. The SMILES string of the molecule is Cc1ccnc(Nc2cc(C)nc(Cl)n2)c1. The predicted molar refractivity (Wildman–Crippen MR) is 64.0 cm³/mol. The van der Waals surface area contributed by atoms with E-state index < -0.39 is 0 Å². The summed E-state index contributed by atoms with van der Waals surface area (Å²) in [5, 5.41) is 3.31. The molecule has 16 heavy (non-hydrogen) atoms. The monoisotopic (exact) mass is 234 g/mol. The van der Waals surface area contributed by atoms with Crippen LogP contribution in [-0.2, 0) is 0 Å². The van der Waals surface area contributed by atoms with Crippen molar-refractivity contribution in [3.63, 3.8) is 0 Å². The van der Waals surface area contributed by atoms with E-state index in [1.807, 2.05) is 32.0 Å². The molecule has 0 bridgehead atoms. The molecule has 0 radical (unpaired) electrons. The second-order valence-electron chi connectivity index (χ2n) is 3.51. The maximum absolute atomic E-state index is 5.76. The molecule has 2 heterocycles. The lowest BCUT2D eigenvalue weighted by Gasteiger charge is -2.05. The lowest BCUT2D eigenvalue weighted by Crippen LogP contribution is -1.98. The third-order valence-corrected chi connectivity index (χ3v) is 2.17. The Hall–Kier alpha value is -1.68. The summed E-state index contributed by atoms with van der Waals surface area (Å²) in [6.45, 7) is 3.87. The Kier molecular flexibility index (Phi) is 3.01. The number of rotatable bonds is 2. The van der Waals surface area contributed by atoms with Gasteiger partial charge in [0.1, 0.15) is 11.6 Å². The number of nitrogens with zero attached hydrogens (tertiary/aromatic N) is 3. The highest BCUT2D eigenvalue weighted by Gasteiger charge is 2.01. The fourth-order valence-corrected chi connectivity index (χ4v) is 1.56. The van der Waals surface area contributed by atoms with Crippen molar-refractivity contribution in [1.29, 1.82) is 0 Å². The van der Waals surface area contributed by atoms with Crippen LogP contribution in [0.1, 0.15) is 11.3 Å². The normalized spacial score (nSPS) is 10.2. The van der Waals surface area contributed by atoms with Crippen molar-refractivity contribution in [3.05, 3.63) is 40.9 Å². The fourth-order valence-electron chi connectivity index (χ4n) is 1.33. The summed E-state index contributed by atoms with van der Waals surface area (Å²) in [6, 6.07) is 5.69. The number of aromatic nitrogens is 3. The van der Waals surface area contributed by atoms with Crippen LogP contribution in [0.15, 0.2) is 24.4 Å². The highest BCUT2D eigenvalue weighted by molar-refractivity contribution is 6.28. The summed E-state index contributed by atoms with van der Waals surface area (Å²) in [7, 11) is 0. The molecule has 0 aromatic carbocycles. The number of hydrogen-bond donors (Lipinski definition) is 1. The zero-order valence-corrected chi connectivity index (χ0v) is 9.78. The van der Waals surface area contributed by atoms with Crippen molar-refractivity contribution in [1.82, 2.24) is 15.0 Å². The van der Waals surface area contributed by atoms with Crippen molar-refractivity contribution in [2.45, 2.75) is 13.8 Å². The maximum atomic E-state index is 5.76. The van der Waals surface area contributed by atoms with Crippen LogP contribution in [0.2, 0.25) is 5.28 Å². The molecule has 0 amide bonds. The number of aryl methyl sites for hydroxylation is 2. The van der Waals surface area contributed by atoms with Crippen LogP contribution < -0.4 is 5.32 Å². The van der Waals surface area contributed by atoms with E-state index in [4.69, 9.17) is 11.6 Å². The molecule has 0 aliphatic carbocycles. The summed E-state index contributed by atoms with van der Waals surface area (Å²) in [5.41, 5.74) is 1.95. The first-order valence-electron chi connectivity index (χ1n) is 4.84. The molecule has 0 fully saturated rings. The maximum Gasteiger partial charge on any atom is 0.224 e. The molecule has 2 aromatic heterocycles. The van der Waals surface area contributed by atoms with Crippen molar-refractivity contribution in [3.8, 4) is 0 Å². The third kappa shape index (κ3) is 2.67. The van der Waals surface area contributed by atoms with Crippen LogP contribution in [0.4, 0.5) is 11.6 Å². The van der Waals surface area contributed by atoms with Crippen molar-refractivity contribution in [2.75, 3.05) is 5.32 Å². The van der Waals surface area contributed by atoms with E-state index in [2.05, 4.69) is 20.3 Å². The Labute approximate surface area is 98.7 Å². The number of hydrogen-bond acceptors (Lipinski definition) is 4. The van der Waals surface area contributed by atoms with Crippen molar-refractivity contribution >= 4 is 23.2 Å². The van der Waals surface area contributed by atoms with E-state index in [1.54, 1.807) is 6.20 Å². The average Bonchev–Trinajstić information content (AvgIpc) is 2.15. The second-order valence-corrected chi connectivity index (χ2v) is 3.85. The lowest BCUT2D eigenvalue weighted by molar-refractivity contribution is 1.10. The van der Waals surface area contributed by atoms with E-state index in [0.29, 0.717) is 5.82 Å². The Morgan fingerprint density at radius 1 is 1.12 bits per heavy atom. The molecule has 82 valence electrons. The molecule has 0 aliphatic heterocycles. The molecule has 1 N–H and O–H groups in total. The summed E-state index contributed by atoms with van der Waals surface area (Å²) in [6.07, 6.45) is 1.74. The molecule has 5 heteroatoms. The van der Waals surface area contributed by atoms with Crippen LogP contribution in [0, 0.1) is 13.8 Å². The molecule has 4 nitrogen and oxygen atoms in total. The van der Waals surface area contributed by atoms with Gasteiger partial charge in [-0.15, -0.1) is 0 Å². The lowest BCUT2D eigenvalue weighted by atomic mass is 10.3. The molecule has 0 unspecified atom stereocenters. The van der Waals surface area contributed by atoms with Gasteiger partial charge in [-0.2, -0.15) is 0 Å². The number of anilines is 2. The van der Waals surface area contributed by atoms with Gasteiger partial charge in [0, 0.05) is 18.0 Å². The standard InChI is InChI=1S/C11H11ClN4/c1-7-3-4-13-9(5-7)15-10-6-8(2)14-11(12)16-10/h3-6H,1-2H3,(H,13,14,15,16). The minimum atomic E-state index is 0.232. The Bertz CT molecular complexity index is 493. The molecule has 2 aromatic rings. The van der Waals surface area contributed by atoms with Crippen LogP contribution in [0.3, 0.4) is 0 Å². The number of nitrogens with one attached hydrogen (secondary N) is 1. The van der Waals surface area contributed by atoms with Gasteiger partial charge in [0.2, 0.25) is 5.28 Å². The topological polar surface area (TPSA) is 50.7 Å². The first-order valence-corrected chi connectivity index (χ1v) is 5.22. The van der Waals surface area contributed by atoms with Crippen LogP contribution in [0.25, 0.3) is 0 Å². The van der Waals surface area contributed by atoms with Gasteiger partial charge >= 0.3 is 0 Å². The van der Waals surface area contributed by atoms with Gasteiger partial charge in [0.05, 0.1) is 0 Å². The molecular formula is C11H11ClN4. The zero-order valence-electron chi connectivity index (χ0n) is 9.03. The first-order chi connectivity index (χ1) is 7.63. The van der Waals surface area contributed by atoms with Gasteiger partial charge in [-0.1, -0.05) is 0 Å². The average molecular weight is 235 g/mol. The van der Waals surface area contributed by atoms with Gasteiger partial charge in [-0.25, -0.2) is 15.0 Å². The van der Waals surface area contributed by atoms with Gasteiger partial charge in [-0.3, -0.25) is 0 Å². The fraction of sp³-hybridized carbons (Fsp3) is 0.182. The molecule has 0 spiro atoms. The second kappa shape index (κ2) is 4.45. The molecule has 0 saturated heterocycles. The van der Waals surface area contributed by atoms with E-state index >= 15 is 0 Å². The minimum Gasteiger partial charge on any atom is -0.325 e. The van der Waals surface area contributed by atoms with Gasteiger partial charge in [0.15, 0.2) is 0 Å². The van der Waals surface area contributed by atoms with E-state index in [1.165, 1.54) is 0 Å². The van der Waals surface area contributed by atoms with E-state index in [9.17, 15) is 0 Å². The summed E-state index contributed by atoms with van der Waals surface area (Å²) in [5.74, 6) is 1.39. The highest BCUT2D eigenvalue weighted by atomic mass is 35.5. The summed E-state index contributed by atoms with van der Waals surface area (Å²) in [4.78, 5) is 12.2. The Balaban J connectivity index is 2.27. The summed E-state index contributed by atoms with van der Waals surface area (Å²) >= 11 is 5.76. The largest absolute Gasteiger partial charge is 0.325 e. The van der Waals surface area contributed by atoms with Crippen LogP contribution >= 0.6 is 11.6 Å². The predicted octanol–water partition coefficient (Wildman–Crippen LogP) is 2.89. The summed E-state index contributed by atoms with van der Waals surface area (Å²) < 4.78 is 0. The molecule has 2 rings (SSSR count). The molecule has 0 aliphatic rings. The first kappa shape index (κ1) is 10.8. The third-order valence-electron chi connectivity index (χ3n) is 2.00. The minimum absolute atomic E-state index is 0.232. The Morgan fingerprint density at radius 2 is 1.94 bits per heavy atom. The van der Waals surface area contributed by atoms with Gasteiger partial charge in [0.25, 0.3) is 0 Å². The molecule has 0 atom stereocenters. The van der Waals surface area contributed by atoms with Gasteiger partial charge in [-0.05, 0) is 43.1 Å².